The number of nitrogens with one attached hydrogen (secondary N) is 1. The quantitative estimate of drug-likeness (QED) is 0.657. The average Bonchev–Trinajstić information content (AvgIpc) is 3.23. The van der Waals surface area contributed by atoms with Crippen LogP contribution in [0.3, 0.4) is 0 Å². The van der Waals surface area contributed by atoms with Crippen molar-refractivity contribution in [1.29, 1.82) is 0 Å². The van der Waals surface area contributed by atoms with Gasteiger partial charge in [0.1, 0.15) is 0 Å². The monoisotopic (exact) mass is 421 g/mol. The van der Waals surface area contributed by atoms with Crippen molar-refractivity contribution in [3.8, 4) is 11.3 Å². The molecule has 32 heavy (non-hydrogen) atoms. The highest BCUT2D eigenvalue weighted by atomic mass is 16.2. The van der Waals surface area contributed by atoms with Gasteiger partial charge in [0.15, 0.2) is 5.69 Å². The molecule has 0 spiro atoms. The Balaban J connectivity index is 1.35. The maximum atomic E-state index is 12.7. The van der Waals surface area contributed by atoms with E-state index in [2.05, 4.69) is 20.6 Å². The molecule has 0 saturated heterocycles. The molecular formula is C25H19N5O2. The first kappa shape index (κ1) is 19.6. The van der Waals surface area contributed by atoms with Crippen LogP contribution in [0.25, 0.3) is 17.0 Å². The van der Waals surface area contributed by atoms with Gasteiger partial charge in [-0.3, -0.25) is 14.3 Å². The molecule has 1 aliphatic heterocycles. The van der Waals surface area contributed by atoms with Crippen LogP contribution in [-0.4, -0.2) is 21.6 Å². The summed E-state index contributed by atoms with van der Waals surface area (Å²) in [4.78, 5) is 24.7. The molecule has 3 aromatic rings. The van der Waals surface area contributed by atoms with E-state index >= 15 is 0 Å². The number of aromatic nitrogens is 2. The van der Waals surface area contributed by atoms with Crippen LogP contribution in [0.2, 0.25) is 0 Å². The molecule has 1 atom stereocenters. The molecule has 2 amide bonds. The lowest BCUT2D eigenvalue weighted by molar-refractivity contribution is -0.119. The summed E-state index contributed by atoms with van der Waals surface area (Å²) in [5.74, 6) is -0.950. The lowest BCUT2D eigenvalue weighted by Gasteiger charge is -2.19. The Kier molecular flexibility index (Phi) is 4.91. The average molecular weight is 421 g/mol. The van der Waals surface area contributed by atoms with E-state index in [0.29, 0.717) is 17.1 Å². The van der Waals surface area contributed by atoms with Crippen LogP contribution in [0.5, 0.6) is 0 Å². The number of rotatable bonds is 4. The number of azo groups is 1. The van der Waals surface area contributed by atoms with Gasteiger partial charge < -0.3 is 5.32 Å². The van der Waals surface area contributed by atoms with Gasteiger partial charge in [0.25, 0.3) is 11.8 Å². The van der Waals surface area contributed by atoms with E-state index in [1.54, 1.807) is 22.9 Å². The normalized spacial score (nSPS) is 16.9. The molecule has 2 heterocycles. The number of anilines is 1. The number of hydrogen-bond acceptors (Lipinski definition) is 4. The molecule has 1 N–H and O–H groups in total. The zero-order valence-corrected chi connectivity index (χ0v) is 17.3. The molecule has 7 nitrogen and oxygen atoms in total. The number of benzene rings is 2. The topological polar surface area (TPSA) is 88.7 Å². The van der Waals surface area contributed by atoms with Gasteiger partial charge in [-0.1, -0.05) is 66.8 Å². The minimum atomic E-state index is -0.394. The van der Waals surface area contributed by atoms with Gasteiger partial charge in [0.05, 0.1) is 17.3 Å². The summed E-state index contributed by atoms with van der Waals surface area (Å²) in [6.45, 7) is 0. The molecule has 7 heteroatoms. The molecule has 0 saturated carbocycles. The van der Waals surface area contributed by atoms with Crippen molar-refractivity contribution in [2.75, 3.05) is 5.32 Å². The van der Waals surface area contributed by atoms with Crippen molar-refractivity contribution in [3.63, 3.8) is 0 Å². The van der Waals surface area contributed by atoms with Crippen molar-refractivity contribution in [1.82, 2.24) is 9.78 Å². The highest BCUT2D eigenvalue weighted by Crippen LogP contribution is 2.34. The Bertz CT molecular complexity index is 1330. The van der Waals surface area contributed by atoms with E-state index in [4.69, 9.17) is 0 Å². The Labute approximate surface area is 184 Å². The first-order valence-electron chi connectivity index (χ1n) is 10.2. The van der Waals surface area contributed by atoms with Crippen LogP contribution in [-0.2, 0) is 11.8 Å². The number of carbonyl (C=O) groups excluding carboxylic acids is 2. The molecular weight excluding hydrogens is 402 g/mol. The van der Waals surface area contributed by atoms with Gasteiger partial charge in [0.2, 0.25) is 0 Å². The zero-order chi connectivity index (χ0) is 22.1. The fourth-order valence-electron chi connectivity index (χ4n) is 3.79. The Morgan fingerprint density at radius 3 is 2.53 bits per heavy atom. The standard InChI is InChI=1S/C25H19N5O2/c1-30-22(16-7-3-2-4-8-16)15-21(29-30)25(32)26-18-13-11-17(12-14-18)23-19-9-5-6-10-20(19)24(31)28-27-23/h2-15,20H,1H3,(H,26,32). The minimum Gasteiger partial charge on any atom is -0.321 e. The number of fused-ring (bicyclic) bond motifs is 1. The number of nitrogens with zero attached hydrogens (tertiary/aromatic N) is 4. The Morgan fingerprint density at radius 2 is 1.75 bits per heavy atom. The van der Waals surface area contributed by atoms with E-state index in [9.17, 15) is 9.59 Å². The van der Waals surface area contributed by atoms with Gasteiger partial charge in [-0.05, 0) is 29.3 Å². The molecule has 1 unspecified atom stereocenters. The van der Waals surface area contributed by atoms with Crippen LogP contribution < -0.4 is 5.32 Å². The molecule has 5 rings (SSSR count). The summed E-state index contributed by atoms with van der Waals surface area (Å²) in [5.41, 5.74) is 5.13. The minimum absolute atomic E-state index is 0.265. The predicted octanol–water partition coefficient (Wildman–Crippen LogP) is 4.79. The molecule has 0 bridgehead atoms. The van der Waals surface area contributed by atoms with Gasteiger partial charge in [-0.15, -0.1) is 10.2 Å². The molecule has 0 radical (unpaired) electrons. The highest BCUT2D eigenvalue weighted by Gasteiger charge is 2.27. The number of carbonyl (C=O) groups is 2. The molecule has 0 fully saturated rings. The lowest BCUT2D eigenvalue weighted by Crippen LogP contribution is -2.17. The van der Waals surface area contributed by atoms with Crippen LogP contribution in [0, 0.1) is 5.92 Å². The third-order valence-corrected chi connectivity index (χ3v) is 5.41. The second-order valence-electron chi connectivity index (χ2n) is 7.50. The lowest BCUT2D eigenvalue weighted by atomic mass is 9.89. The van der Waals surface area contributed by atoms with E-state index in [1.165, 1.54) is 0 Å². The zero-order valence-electron chi connectivity index (χ0n) is 17.3. The smallest absolute Gasteiger partial charge is 0.276 e. The second-order valence-corrected chi connectivity index (χ2v) is 7.50. The SMILES string of the molecule is Cn1nc(C(=O)Nc2ccc(C3=C4C=CC=CC4C(=O)N=N3)cc2)cc1-c1ccccc1. The second kappa shape index (κ2) is 8.03. The predicted molar refractivity (Wildman–Crippen MR) is 122 cm³/mol. The number of amides is 2. The van der Waals surface area contributed by atoms with Crippen molar-refractivity contribution in [2.45, 2.75) is 0 Å². The summed E-state index contributed by atoms with van der Waals surface area (Å²) in [6, 6.07) is 18.9. The van der Waals surface area contributed by atoms with Gasteiger partial charge >= 0.3 is 0 Å². The summed E-state index contributed by atoms with van der Waals surface area (Å²) in [6.07, 6.45) is 7.42. The van der Waals surface area contributed by atoms with Crippen molar-refractivity contribution >= 4 is 23.2 Å². The summed E-state index contributed by atoms with van der Waals surface area (Å²) in [7, 11) is 1.81. The maximum absolute atomic E-state index is 12.7. The first-order valence-corrected chi connectivity index (χ1v) is 10.2. The fourth-order valence-corrected chi connectivity index (χ4v) is 3.79. The first-order chi connectivity index (χ1) is 15.6. The van der Waals surface area contributed by atoms with Crippen molar-refractivity contribution in [3.05, 3.63) is 102 Å². The van der Waals surface area contributed by atoms with Gasteiger partial charge in [-0.25, -0.2) is 0 Å². The van der Waals surface area contributed by atoms with Crippen molar-refractivity contribution < 1.29 is 9.59 Å². The van der Waals surface area contributed by atoms with Crippen molar-refractivity contribution in [2.24, 2.45) is 23.2 Å². The van der Waals surface area contributed by atoms with Gasteiger partial charge in [-0.2, -0.15) is 5.10 Å². The van der Waals surface area contributed by atoms with Crippen LogP contribution in [0.15, 0.2) is 101 Å². The summed E-state index contributed by atoms with van der Waals surface area (Å²) in [5, 5.41) is 15.1. The number of allylic oxidation sites excluding steroid dienone is 3. The van der Waals surface area contributed by atoms with Crippen LogP contribution >= 0.6 is 0 Å². The van der Waals surface area contributed by atoms with E-state index < -0.39 is 5.92 Å². The molecule has 156 valence electrons. The third kappa shape index (κ3) is 3.60. The number of hydrogen-bond donors (Lipinski definition) is 1. The number of aryl methyl sites for hydroxylation is 1. The Hall–Kier alpha value is -4.39. The van der Waals surface area contributed by atoms with E-state index in [0.717, 1.165) is 22.4 Å². The summed E-state index contributed by atoms with van der Waals surface area (Å²) >= 11 is 0. The Morgan fingerprint density at radius 1 is 0.969 bits per heavy atom. The molecule has 2 aromatic carbocycles. The maximum Gasteiger partial charge on any atom is 0.276 e. The van der Waals surface area contributed by atoms with Crippen LogP contribution in [0.4, 0.5) is 5.69 Å². The fraction of sp³-hybridized carbons (Fsp3) is 0.0800. The molecule has 2 aliphatic rings. The summed E-state index contributed by atoms with van der Waals surface area (Å²) < 4.78 is 1.69. The third-order valence-electron chi connectivity index (χ3n) is 5.41. The largest absolute Gasteiger partial charge is 0.321 e. The van der Waals surface area contributed by atoms with E-state index in [-0.39, 0.29) is 11.8 Å². The van der Waals surface area contributed by atoms with Gasteiger partial charge in [0, 0.05) is 18.3 Å². The highest BCUT2D eigenvalue weighted by molar-refractivity contribution is 6.03. The van der Waals surface area contributed by atoms with Crippen LogP contribution in [0.1, 0.15) is 16.1 Å². The van der Waals surface area contributed by atoms with E-state index in [1.807, 2.05) is 73.8 Å². The molecule has 1 aliphatic carbocycles. The molecule has 1 aromatic heterocycles.